The first-order valence-corrected chi connectivity index (χ1v) is 10.6. The first-order valence-electron chi connectivity index (χ1n) is 10.6. The fourth-order valence-corrected chi connectivity index (χ4v) is 3.63. The van der Waals surface area contributed by atoms with E-state index in [-0.39, 0.29) is 35.5 Å². The van der Waals surface area contributed by atoms with Crippen molar-refractivity contribution in [1.82, 2.24) is 19.9 Å². The molecule has 2 aliphatic rings. The van der Waals surface area contributed by atoms with Gasteiger partial charge in [0.15, 0.2) is 11.6 Å². The lowest BCUT2D eigenvalue weighted by Crippen LogP contribution is -2.12. The summed E-state index contributed by atoms with van der Waals surface area (Å²) in [5.74, 6) is -0.144. The maximum atomic E-state index is 14.3. The molecular weight excluding hydrogens is 505 g/mol. The normalized spacial score (nSPS) is 13.4. The molecule has 0 amide bonds. The number of aromatic nitrogens is 4. The van der Waals surface area contributed by atoms with Crippen LogP contribution in [0.4, 0.5) is 30.7 Å². The lowest BCUT2D eigenvalue weighted by atomic mass is 10.0. The lowest BCUT2D eigenvalue weighted by Gasteiger charge is -2.14. The first-order chi connectivity index (χ1) is 17.4. The van der Waals surface area contributed by atoms with Crippen molar-refractivity contribution in [3.63, 3.8) is 0 Å². The average Bonchev–Trinajstić information content (AvgIpc) is 3.45. The van der Waals surface area contributed by atoms with Gasteiger partial charge in [-0.05, 0) is 37.3 Å². The Labute approximate surface area is 205 Å². The molecule has 3 heterocycles. The second-order valence-electron chi connectivity index (χ2n) is 7.82. The van der Waals surface area contributed by atoms with Gasteiger partial charge >= 0.3 is 12.4 Å². The highest BCUT2D eigenvalue weighted by molar-refractivity contribution is 5.79. The third-order valence-corrected chi connectivity index (χ3v) is 5.32. The molecule has 12 heteroatoms. The molecule has 0 bridgehead atoms. The van der Waals surface area contributed by atoms with E-state index in [4.69, 9.17) is 4.52 Å². The van der Waals surface area contributed by atoms with E-state index in [2.05, 4.69) is 21.8 Å². The standard InChI is InChI=1S/C25H17F7N4O/c1-3-5-20(26)17(4-2)21-10-14-8-9-36(34-23(14)33-21)13-16-12-22(35-37-16)18-7-6-15(24(27,28)29)11-19(18)25(30,31)32/h3-12H,1,13H2,2H3. The maximum Gasteiger partial charge on any atom is 0.417 e. The molecule has 5 nitrogen and oxygen atoms in total. The summed E-state index contributed by atoms with van der Waals surface area (Å²) >= 11 is 0. The summed E-state index contributed by atoms with van der Waals surface area (Å²) in [6.07, 6.45) is -4.38. The number of hydrogen-bond donors (Lipinski definition) is 0. The van der Waals surface area contributed by atoms with Gasteiger partial charge in [-0.25, -0.2) is 9.37 Å². The van der Waals surface area contributed by atoms with Crippen LogP contribution >= 0.6 is 0 Å². The topological polar surface area (TPSA) is 56.7 Å². The zero-order valence-electron chi connectivity index (χ0n) is 19.0. The number of fused-ring (bicyclic) bond motifs is 1. The molecule has 0 radical (unpaired) electrons. The minimum absolute atomic E-state index is 0.0403. The third kappa shape index (κ3) is 5.47. The molecule has 0 spiro atoms. The van der Waals surface area contributed by atoms with Gasteiger partial charge in [0.2, 0.25) is 0 Å². The summed E-state index contributed by atoms with van der Waals surface area (Å²) in [4.78, 5) is 4.33. The molecule has 192 valence electrons. The minimum Gasteiger partial charge on any atom is -0.359 e. The number of rotatable bonds is 6. The van der Waals surface area contributed by atoms with Crippen LogP contribution in [0.3, 0.4) is 0 Å². The van der Waals surface area contributed by atoms with Gasteiger partial charge in [-0.15, -0.1) is 0 Å². The fraction of sp³-hybridized carbons (Fsp3) is 0.160. The van der Waals surface area contributed by atoms with Gasteiger partial charge in [0.25, 0.3) is 0 Å². The van der Waals surface area contributed by atoms with Crippen LogP contribution in [0, 0.1) is 0 Å². The van der Waals surface area contributed by atoms with Crippen molar-refractivity contribution >= 4 is 5.57 Å². The van der Waals surface area contributed by atoms with Crippen molar-refractivity contribution in [2.75, 3.05) is 0 Å². The summed E-state index contributed by atoms with van der Waals surface area (Å²) < 4.78 is 100. The largest absolute Gasteiger partial charge is 0.417 e. The Morgan fingerprint density at radius 1 is 1.05 bits per heavy atom. The molecule has 37 heavy (non-hydrogen) atoms. The molecule has 1 aromatic carbocycles. The highest BCUT2D eigenvalue weighted by Gasteiger charge is 2.39. The van der Waals surface area contributed by atoms with Crippen LogP contribution in [0.25, 0.3) is 28.2 Å². The summed E-state index contributed by atoms with van der Waals surface area (Å²) in [7, 11) is 0. The van der Waals surface area contributed by atoms with Crippen LogP contribution in [0.15, 0.2) is 77.8 Å². The Hall–Kier alpha value is -4.22. The number of hydrogen-bond acceptors (Lipinski definition) is 4. The Balaban J connectivity index is 1.63. The van der Waals surface area contributed by atoms with E-state index in [0.717, 1.165) is 0 Å². The van der Waals surface area contributed by atoms with Crippen LogP contribution in [0.2, 0.25) is 0 Å². The highest BCUT2D eigenvalue weighted by atomic mass is 19.4. The van der Waals surface area contributed by atoms with E-state index >= 15 is 0 Å². The van der Waals surface area contributed by atoms with E-state index in [1.807, 2.05) is 0 Å². The van der Waals surface area contributed by atoms with Crippen LogP contribution in [0.5, 0.6) is 0 Å². The molecule has 0 N–H and O–H groups in total. The number of benzene rings is 1. The summed E-state index contributed by atoms with van der Waals surface area (Å²) in [6, 6.07) is 5.80. The van der Waals surface area contributed by atoms with Gasteiger partial charge in [0.05, 0.1) is 16.8 Å². The second kappa shape index (κ2) is 9.68. The zero-order chi connectivity index (χ0) is 27.0. The lowest BCUT2D eigenvalue weighted by molar-refractivity contribution is -0.142. The van der Waals surface area contributed by atoms with Gasteiger partial charge < -0.3 is 4.52 Å². The summed E-state index contributed by atoms with van der Waals surface area (Å²) in [6.45, 7) is 5.05. The second-order valence-corrected chi connectivity index (χ2v) is 7.82. The smallest absolute Gasteiger partial charge is 0.359 e. The molecule has 1 aromatic heterocycles. The van der Waals surface area contributed by atoms with Crippen LogP contribution < -0.4 is 0 Å². The number of halogens is 7. The Morgan fingerprint density at radius 2 is 1.81 bits per heavy atom. The van der Waals surface area contributed by atoms with Gasteiger partial charge in [-0.3, -0.25) is 4.68 Å². The van der Waals surface area contributed by atoms with Crippen LogP contribution in [-0.2, 0) is 18.9 Å². The predicted molar refractivity (Wildman–Crippen MR) is 121 cm³/mol. The molecule has 0 saturated carbocycles. The van der Waals surface area contributed by atoms with Crippen LogP contribution in [0.1, 0.15) is 29.5 Å². The Morgan fingerprint density at radius 3 is 2.46 bits per heavy atom. The number of alkyl halides is 6. The monoisotopic (exact) mass is 522 g/mol. The molecule has 0 atom stereocenters. The SMILES string of the molecule is C=CC=C(F)C(=CC)c1cc2ccn(Cc3cc(-c4ccc(C(F)(F)F)cc4C(F)(F)F)no3)nc-2n1. The molecule has 0 saturated heterocycles. The van der Waals surface area contributed by atoms with E-state index in [1.165, 1.54) is 22.9 Å². The van der Waals surface area contributed by atoms with E-state index in [1.54, 1.807) is 31.3 Å². The molecular formula is C25H17F7N4O. The average molecular weight is 522 g/mol. The van der Waals surface area contributed by atoms with Crippen molar-refractivity contribution in [1.29, 1.82) is 0 Å². The molecule has 4 rings (SSSR count). The number of allylic oxidation sites excluding steroid dienone is 5. The van der Waals surface area contributed by atoms with Gasteiger partial charge in [0.1, 0.15) is 18.1 Å². The van der Waals surface area contributed by atoms with Gasteiger partial charge in [-0.1, -0.05) is 30.0 Å². The van der Waals surface area contributed by atoms with Gasteiger partial charge in [-0.2, -0.15) is 31.4 Å². The summed E-state index contributed by atoms with van der Waals surface area (Å²) in [5.41, 5.74) is -2.53. The molecule has 2 aromatic rings. The molecule has 2 aliphatic heterocycles. The van der Waals surface area contributed by atoms with E-state index < -0.39 is 34.9 Å². The zero-order valence-corrected chi connectivity index (χ0v) is 19.0. The van der Waals surface area contributed by atoms with Crippen LogP contribution in [-0.4, -0.2) is 19.9 Å². The molecule has 0 unspecified atom stereocenters. The minimum atomic E-state index is -5.05. The van der Waals surface area contributed by atoms with Gasteiger partial charge in [0, 0.05) is 29.0 Å². The molecule has 0 aliphatic carbocycles. The van der Waals surface area contributed by atoms with Crippen molar-refractivity contribution in [3.05, 3.63) is 95.8 Å². The van der Waals surface area contributed by atoms with E-state index in [9.17, 15) is 30.7 Å². The quantitative estimate of drug-likeness (QED) is 0.194. The maximum absolute atomic E-state index is 14.3. The number of nitrogens with zero attached hydrogens (tertiary/aromatic N) is 4. The fourth-order valence-electron chi connectivity index (χ4n) is 3.63. The highest BCUT2D eigenvalue weighted by Crippen LogP contribution is 2.40. The predicted octanol–water partition coefficient (Wildman–Crippen LogP) is 7.57. The third-order valence-electron chi connectivity index (χ3n) is 5.32. The van der Waals surface area contributed by atoms with Crippen molar-refractivity contribution in [3.8, 4) is 22.6 Å². The first kappa shape index (κ1) is 25.9. The molecule has 0 fully saturated rings. The van der Waals surface area contributed by atoms with Crippen molar-refractivity contribution < 1.29 is 35.3 Å². The van der Waals surface area contributed by atoms with Crippen molar-refractivity contribution in [2.24, 2.45) is 0 Å². The Kier molecular flexibility index (Phi) is 6.76. The van der Waals surface area contributed by atoms with E-state index in [0.29, 0.717) is 23.4 Å². The Bertz CT molecular complexity index is 1470. The van der Waals surface area contributed by atoms with Crippen molar-refractivity contribution in [2.45, 2.75) is 25.8 Å². The summed E-state index contributed by atoms with van der Waals surface area (Å²) in [5, 5.41) is 7.92.